The van der Waals surface area contributed by atoms with Gasteiger partial charge in [0.2, 0.25) is 0 Å². The summed E-state index contributed by atoms with van der Waals surface area (Å²) in [5.74, 6) is 0.295. The molecule has 1 aromatic carbocycles. The number of carbonyl (C=O) groups excluding carboxylic acids is 3. The smallest absolute Gasteiger partial charge is 0.257 e. The second kappa shape index (κ2) is 7.15. The minimum Gasteiger partial charge on any atom is -0.486 e. The van der Waals surface area contributed by atoms with E-state index < -0.39 is 5.60 Å². The fourth-order valence-corrected chi connectivity index (χ4v) is 5.29. The van der Waals surface area contributed by atoms with Gasteiger partial charge in [-0.25, -0.2) is 0 Å². The summed E-state index contributed by atoms with van der Waals surface area (Å²) >= 11 is 7.15. The number of likely N-dealkylation sites (tertiary alicyclic amines) is 1. The van der Waals surface area contributed by atoms with Crippen LogP contribution >= 0.6 is 22.9 Å². The number of amides is 1. The summed E-state index contributed by atoms with van der Waals surface area (Å²) in [5, 5.41) is 0.874. The topological polar surface area (TPSA) is 89.7 Å². The van der Waals surface area contributed by atoms with Gasteiger partial charge in [-0.3, -0.25) is 14.4 Å². The third kappa shape index (κ3) is 3.42. The highest BCUT2D eigenvalue weighted by molar-refractivity contribution is 7.18. The number of halogens is 1. The molecule has 6 nitrogen and oxygen atoms in total. The van der Waals surface area contributed by atoms with Gasteiger partial charge in [0.05, 0.1) is 27.4 Å². The van der Waals surface area contributed by atoms with Crippen LogP contribution in [0.2, 0.25) is 5.02 Å². The van der Waals surface area contributed by atoms with Gasteiger partial charge >= 0.3 is 0 Å². The zero-order valence-electron chi connectivity index (χ0n) is 16.2. The van der Waals surface area contributed by atoms with Crippen LogP contribution in [0.4, 0.5) is 5.00 Å². The summed E-state index contributed by atoms with van der Waals surface area (Å²) in [6.45, 7) is 4.14. The molecule has 1 spiro atoms. The van der Waals surface area contributed by atoms with Crippen LogP contribution in [0.15, 0.2) is 18.2 Å². The lowest BCUT2D eigenvalue weighted by atomic mass is 9.82. The zero-order valence-corrected chi connectivity index (χ0v) is 17.8. The van der Waals surface area contributed by atoms with Gasteiger partial charge in [0, 0.05) is 31.0 Å². The van der Waals surface area contributed by atoms with Crippen LogP contribution in [0.1, 0.15) is 62.1 Å². The van der Waals surface area contributed by atoms with Crippen molar-refractivity contribution in [3.05, 3.63) is 44.8 Å². The van der Waals surface area contributed by atoms with Crippen molar-refractivity contribution in [3.8, 4) is 5.75 Å². The van der Waals surface area contributed by atoms with E-state index in [1.165, 1.54) is 6.92 Å². The number of nitrogens with zero attached hydrogens (tertiary/aromatic N) is 1. The van der Waals surface area contributed by atoms with Gasteiger partial charge in [-0.05, 0) is 37.6 Å². The summed E-state index contributed by atoms with van der Waals surface area (Å²) in [6.07, 6.45) is 1.38. The molecule has 4 rings (SSSR count). The molecule has 0 atom stereocenters. The number of thiophene rings is 1. The Labute approximate surface area is 177 Å². The van der Waals surface area contributed by atoms with Crippen molar-refractivity contribution < 1.29 is 19.1 Å². The molecular formula is C21H21ClN2O4S. The summed E-state index contributed by atoms with van der Waals surface area (Å²) in [7, 11) is 0. The molecule has 3 heterocycles. The monoisotopic (exact) mass is 432 g/mol. The molecule has 152 valence electrons. The number of anilines is 1. The van der Waals surface area contributed by atoms with Gasteiger partial charge in [0.1, 0.15) is 11.4 Å². The Hall–Kier alpha value is -2.38. The number of ether oxygens (including phenoxy) is 1. The number of hydrogen-bond donors (Lipinski definition) is 1. The molecule has 2 aliphatic rings. The van der Waals surface area contributed by atoms with Crippen molar-refractivity contribution >= 4 is 45.4 Å². The Bertz CT molecular complexity index is 1040. The molecule has 0 bridgehead atoms. The van der Waals surface area contributed by atoms with Crippen LogP contribution in [0.3, 0.4) is 0 Å². The molecule has 29 heavy (non-hydrogen) atoms. The van der Waals surface area contributed by atoms with E-state index in [-0.39, 0.29) is 23.9 Å². The van der Waals surface area contributed by atoms with Crippen molar-refractivity contribution in [3.63, 3.8) is 0 Å². The Morgan fingerprint density at radius 1 is 1.28 bits per heavy atom. The first kappa shape index (κ1) is 19.9. The van der Waals surface area contributed by atoms with E-state index in [2.05, 4.69) is 0 Å². The van der Waals surface area contributed by atoms with Crippen molar-refractivity contribution in [1.82, 2.24) is 4.90 Å². The first-order chi connectivity index (χ1) is 13.7. The van der Waals surface area contributed by atoms with E-state index in [0.29, 0.717) is 63.3 Å². The van der Waals surface area contributed by atoms with Crippen LogP contribution in [-0.4, -0.2) is 41.1 Å². The highest BCUT2D eigenvalue weighted by Crippen LogP contribution is 2.41. The van der Waals surface area contributed by atoms with E-state index >= 15 is 0 Å². The molecule has 0 unspecified atom stereocenters. The minimum absolute atomic E-state index is 0.0116. The first-order valence-electron chi connectivity index (χ1n) is 9.41. The SMILES string of the molecule is CC(=O)c1sc(N)c(C(=O)N2CCC3(CC2)CC(=O)c2cc(Cl)ccc2O3)c1C. The van der Waals surface area contributed by atoms with Crippen LogP contribution in [0, 0.1) is 6.92 Å². The van der Waals surface area contributed by atoms with Gasteiger partial charge in [-0.1, -0.05) is 11.6 Å². The zero-order chi connectivity index (χ0) is 20.9. The number of piperidine rings is 1. The molecule has 0 radical (unpaired) electrons. The molecule has 1 amide bonds. The molecule has 2 aromatic rings. The lowest BCUT2D eigenvalue weighted by molar-refractivity contribution is -0.00568. The van der Waals surface area contributed by atoms with Gasteiger partial charge in [-0.15, -0.1) is 11.3 Å². The number of carbonyl (C=O) groups is 3. The number of benzene rings is 1. The van der Waals surface area contributed by atoms with Crippen LogP contribution < -0.4 is 10.5 Å². The minimum atomic E-state index is -0.603. The quantitative estimate of drug-likeness (QED) is 0.720. The number of ketones is 2. The van der Waals surface area contributed by atoms with Crippen molar-refractivity contribution in [2.45, 2.75) is 38.7 Å². The van der Waals surface area contributed by atoms with Gasteiger partial charge < -0.3 is 15.4 Å². The number of nitrogens with two attached hydrogens (primary N) is 1. The Kier molecular flexibility index (Phi) is 4.91. The van der Waals surface area contributed by atoms with E-state index in [9.17, 15) is 14.4 Å². The van der Waals surface area contributed by atoms with E-state index in [1.54, 1.807) is 30.0 Å². The summed E-state index contributed by atoms with van der Waals surface area (Å²) < 4.78 is 6.22. The highest BCUT2D eigenvalue weighted by atomic mass is 35.5. The summed E-state index contributed by atoms with van der Waals surface area (Å²) in [5.41, 5.74) is 7.01. The Balaban J connectivity index is 1.52. The normalized spacial score (nSPS) is 17.8. The fraction of sp³-hybridized carbons (Fsp3) is 0.381. The molecule has 1 aromatic heterocycles. The molecule has 8 heteroatoms. The van der Waals surface area contributed by atoms with Gasteiger partial charge in [0.25, 0.3) is 5.91 Å². The van der Waals surface area contributed by atoms with Crippen molar-refractivity contribution in [2.24, 2.45) is 0 Å². The molecule has 1 saturated heterocycles. The first-order valence-corrected chi connectivity index (χ1v) is 10.6. The second-order valence-corrected chi connectivity index (χ2v) is 9.16. The highest BCUT2D eigenvalue weighted by Gasteiger charge is 2.44. The largest absolute Gasteiger partial charge is 0.486 e. The maximum atomic E-state index is 13.1. The lowest BCUT2D eigenvalue weighted by Gasteiger charge is -2.44. The van der Waals surface area contributed by atoms with Crippen molar-refractivity contribution in [1.29, 1.82) is 0 Å². The average molecular weight is 433 g/mol. The number of hydrogen-bond acceptors (Lipinski definition) is 6. The molecular weight excluding hydrogens is 412 g/mol. The Morgan fingerprint density at radius 2 is 1.97 bits per heavy atom. The van der Waals surface area contributed by atoms with Crippen molar-refractivity contribution in [2.75, 3.05) is 18.8 Å². The van der Waals surface area contributed by atoms with Crippen LogP contribution in [0.5, 0.6) is 5.75 Å². The third-order valence-electron chi connectivity index (χ3n) is 5.72. The fourth-order valence-electron chi connectivity index (χ4n) is 4.16. The molecule has 1 fully saturated rings. The maximum absolute atomic E-state index is 13.1. The van der Waals surface area contributed by atoms with Crippen LogP contribution in [0.25, 0.3) is 0 Å². The standard InChI is InChI=1S/C21H21ClN2O4S/c1-11-17(19(23)29-18(11)12(2)25)20(27)24-7-5-21(6-8-24)10-15(26)14-9-13(22)3-4-16(14)28-21/h3-4,9H,5-8,10,23H2,1-2H3. The number of fused-ring (bicyclic) bond motifs is 1. The average Bonchev–Trinajstić information content (AvgIpc) is 2.97. The number of Topliss-reactive ketones (excluding diaryl/α,β-unsaturated/α-hetero) is 2. The van der Waals surface area contributed by atoms with E-state index in [0.717, 1.165) is 11.3 Å². The van der Waals surface area contributed by atoms with Gasteiger partial charge in [0.15, 0.2) is 11.6 Å². The number of nitrogen functional groups attached to an aromatic ring is 1. The van der Waals surface area contributed by atoms with E-state index in [1.807, 2.05) is 0 Å². The Morgan fingerprint density at radius 3 is 2.59 bits per heavy atom. The lowest BCUT2D eigenvalue weighted by Crippen LogP contribution is -2.52. The third-order valence-corrected chi connectivity index (χ3v) is 7.18. The maximum Gasteiger partial charge on any atom is 0.257 e. The number of rotatable bonds is 2. The molecule has 2 N–H and O–H groups in total. The second-order valence-electron chi connectivity index (χ2n) is 7.67. The van der Waals surface area contributed by atoms with Gasteiger partial charge in [-0.2, -0.15) is 0 Å². The van der Waals surface area contributed by atoms with E-state index in [4.69, 9.17) is 22.1 Å². The van der Waals surface area contributed by atoms with Crippen LogP contribution in [-0.2, 0) is 0 Å². The summed E-state index contributed by atoms with van der Waals surface area (Å²) in [6, 6.07) is 5.08. The predicted octanol–water partition coefficient (Wildman–Crippen LogP) is 4.13. The molecule has 0 saturated carbocycles. The summed E-state index contributed by atoms with van der Waals surface area (Å²) in [4.78, 5) is 39.7. The molecule has 2 aliphatic heterocycles. The predicted molar refractivity (Wildman–Crippen MR) is 112 cm³/mol. The molecule has 0 aliphatic carbocycles.